The van der Waals surface area contributed by atoms with Gasteiger partial charge in [-0.05, 0) is 60.7 Å². The maximum Gasteiger partial charge on any atom is 0.235 e. The number of halogens is 1. The van der Waals surface area contributed by atoms with Crippen molar-refractivity contribution in [3.63, 3.8) is 0 Å². The van der Waals surface area contributed by atoms with E-state index in [9.17, 15) is 4.79 Å². The van der Waals surface area contributed by atoms with E-state index in [-0.39, 0.29) is 11.2 Å². The Balaban J connectivity index is 1.54. The number of rotatable bonds is 8. The van der Waals surface area contributed by atoms with Gasteiger partial charge in [-0.2, -0.15) is 4.68 Å². The van der Waals surface area contributed by atoms with Gasteiger partial charge in [0.25, 0.3) is 0 Å². The van der Waals surface area contributed by atoms with Crippen LogP contribution in [0.2, 0.25) is 5.02 Å². The number of hydrogen-bond donors (Lipinski definition) is 0. The molecular weight excluding hydrogens is 410 g/mol. The Bertz CT molecular complexity index is 946. The molecule has 0 aliphatic carbocycles. The molecule has 0 unspecified atom stereocenters. The Hall–Kier alpha value is -2.58. The molecule has 0 fully saturated rings. The van der Waals surface area contributed by atoms with Gasteiger partial charge in [0.2, 0.25) is 11.1 Å². The summed E-state index contributed by atoms with van der Waals surface area (Å²) < 4.78 is 7.29. The summed E-state index contributed by atoms with van der Waals surface area (Å²) in [5.41, 5.74) is 2.01. The first-order chi connectivity index (χ1) is 13.9. The number of thioether (sulfide) groups is 1. The zero-order chi connectivity index (χ0) is 20.8. The Kier molecular flexibility index (Phi) is 7.11. The maximum atomic E-state index is 12.7. The van der Waals surface area contributed by atoms with Crippen LogP contribution in [-0.2, 0) is 4.79 Å². The standard InChI is InChI=1S/C20H22ClN5O2S/c1-14-4-8-17(9-5-14)26-20(22-23-24-26)29-15(2)19(27)25(3)12-13-28-18-10-6-16(21)7-11-18/h4-11,15H,12-13H2,1-3H3/t15-/m0/s1. The highest BCUT2D eigenvalue weighted by Gasteiger charge is 2.22. The van der Waals surface area contributed by atoms with Crippen molar-refractivity contribution < 1.29 is 9.53 Å². The predicted octanol–water partition coefficient (Wildman–Crippen LogP) is 3.64. The molecule has 9 heteroatoms. The minimum Gasteiger partial charge on any atom is -0.492 e. The second kappa shape index (κ2) is 9.76. The Morgan fingerprint density at radius 3 is 2.59 bits per heavy atom. The number of amides is 1. The number of aryl methyl sites for hydroxylation is 1. The molecule has 0 aliphatic rings. The van der Waals surface area contributed by atoms with Crippen molar-refractivity contribution in [2.75, 3.05) is 20.2 Å². The van der Waals surface area contributed by atoms with Crippen LogP contribution in [0.1, 0.15) is 12.5 Å². The lowest BCUT2D eigenvalue weighted by Gasteiger charge is -2.21. The van der Waals surface area contributed by atoms with E-state index < -0.39 is 0 Å². The van der Waals surface area contributed by atoms with E-state index in [0.717, 1.165) is 17.0 Å². The molecule has 0 saturated heterocycles. The van der Waals surface area contributed by atoms with Crippen LogP contribution in [0.5, 0.6) is 5.75 Å². The van der Waals surface area contributed by atoms with Crippen LogP contribution in [0, 0.1) is 6.92 Å². The molecule has 1 amide bonds. The van der Waals surface area contributed by atoms with E-state index in [4.69, 9.17) is 16.3 Å². The van der Waals surface area contributed by atoms with E-state index in [1.165, 1.54) is 11.8 Å². The monoisotopic (exact) mass is 431 g/mol. The van der Waals surface area contributed by atoms with Crippen LogP contribution in [0.15, 0.2) is 53.7 Å². The molecule has 7 nitrogen and oxygen atoms in total. The third-order valence-corrected chi connectivity index (χ3v) is 5.51. The lowest BCUT2D eigenvalue weighted by Crippen LogP contribution is -2.36. The molecule has 0 saturated carbocycles. The van der Waals surface area contributed by atoms with Crippen molar-refractivity contribution in [1.82, 2.24) is 25.1 Å². The highest BCUT2D eigenvalue weighted by molar-refractivity contribution is 8.00. The highest BCUT2D eigenvalue weighted by atomic mass is 35.5. The number of carbonyl (C=O) groups excluding carboxylic acids is 1. The molecule has 0 spiro atoms. The average Bonchev–Trinajstić information content (AvgIpc) is 3.17. The van der Waals surface area contributed by atoms with Crippen LogP contribution in [-0.4, -0.2) is 56.5 Å². The van der Waals surface area contributed by atoms with Gasteiger partial charge in [-0.25, -0.2) is 0 Å². The summed E-state index contributed by atoms with van der Waals surface area (Å²) in [5, 5.41) is 12.7. The van der Waals surface area contributed by atoms with Crippen molar-refractivity contribution in [3.05, 3.63) is 59.1 Å². The molecule has 0 bridgehead atoms. The Morgan fingerprint density at radius 1 is 1.21 bits per heavy atom. The summed E-state index contributed by atoms with van der Waals surface area (Å²) in [5.74, 6) is 0.697. The number of carbonyl (C=O) groups is 1. The molecular formula is C20H22ClN5O2S. The first-order valence-corrected chi connectivity index (χ1v) is 10.3. The summed E-state index contributed by atoms with van der Waals surface area (Å²) in [6, 6.07) is 15.0. The average molecular weight is 432 g/mol. The fourth-order valence-electron chi connectivity index (χ4n) is 2.56. The lowest BCUT2D eigenvalue weighted by atomic mass is 10.2. The van der Waals surface area contributed by atoms with Gasteiger partial charge < -0.3 is 9.64 Å². The number of likely N-dealkylation sites (N-methyl/N-ethyl adjacent to an activating group) is 1. The SMILES string of the molecule is Cc1ccc(-n2nnnc2S[C@@H](C)C(=O)N(C)CCOc2ccc(Cl)cc2)cc1. The van der Waals surface area contributed by atoms with Gasteiger partial charge in [0.05, 0.1) is 17.5 Å². The van der Waals surface area contributed by atoms with Gasteiger partial charge in [-0.1, -0.05) is 41.1 Å². The number of aromatic nitrogens is 4. The summed E-state index contributed by atoms with van der Waals surface area (Å²) in [6.07, 6.45) is 0. The van der Waals surface area contributed by atoms with E-state index in [0.29, 0.717) is 23.3 Å². The molecule has 0 radical (unpaired) electrons. The maximum absolute atomic E-state index is 12.7. The number of benzene rings is 2. The Labute approximate surface area is 179 Å². The predicted molar refractivity (Wildman–Crippen MR) is 114 cm³/mol. The first-order valence-electron chi connectivity index (χ1n) is 9.09. The molecule has 152 valence electrons. The van der Waals surface area contributed by atoms with Gasteiger partial charge in [-0.3, -0.25) is 4.79 Å². The molecule has 3 rings (SSSR count). The van der Waals surface area contributed by atoms with Crippen LogP contribution in [0.4, 0.5) is 0 Å². The van der Waals surface area contributed by atoms with Gasteiger partial charge in [0, 0.05) is 12.1 Å². The number of nitrogens with zero attached hydrogens (tertiary/aromatic N) is 5. The van der Waals surface area contributed by atoms with Crippen LogP contribution in [0.3, 0.4) is 0 Å². The molecule has 29 heavy (non-hydrogen) atoms. The Morgan fingerprint density at radius 2 is 1.90 bits per heavy atom. The van der Waals surface area contributed by atoms with Crippen LogP contribution >= 0.6 is 23.4 Å². The van der Waals surface area contributed by atoms with Crippen molar-refractivity contribution >= 4 is 29.3 Å². The molecule has 2 aromatic carbocycles. The van der Waals surface area contributed by atoms with Crippen LogP contribution < -0.4 is 4.74 Å². The molecule has 0 N–H and O–H groups in total. The second-order valence-electron chi connectivity index (χ2n) is 6.53. The molecule has 1 aromatic heterocycles. The first kappa shape index (κ1) is 21.1. The highest BCUT2D eigenvalue weighted by Crippen LogP contribution is 2.24. The molecule has 1 atom stereocenters. The van der Waals surface area contributed by atoms with E-state index in [1.807, 2.05) is 38.1 Å². The number of ether oxygens (including phenoxy) is 1. The summed E-state index contributed by atoms with van der Waals surface area (Å²) in [7, 11) is 1.76. The number of tetrazole rings is 1. The summed E-state index contributed by atoms with van der Waals surface area (Å²) in [4.78, 5) is 14.3. The zero-order valence-electron chi connectivity index (χ0n) is 16.4. The normalized spacial score (nSPS) is 11.9. The fourth-order valence-corrected chi connectivity index (χ4v) is 3.61. The van der Waals surface area contributed by atoms with Gasteiger partial charge in [0.1, 0.15) is 12.4 Å². The molecule has 3 aromatic rings. The summed E-state index contributed by atoms with van der Waals surface area (Å²) >= 11 is 7.19. The minimum absolute atomic E-state index is 0.0202. The van der Waals surface area contributed by atoms with Gasteiger partial charge >= 0.3 is 0 Å². The minimum atomic E-state index is -0.342. The third-order valence-electron chi connectivity index (χ3n) is 4.23. The largest absolute Gasteiger partial charge is 0.492 e. The molecule has 1 heterocycles. The smallest absolute Gasteiger partial charge is 0.235 e. The topological polar surface area (TPSA) is 73.1 Å². The second-order valence-corrected chi connectivity index (χ2v) is 8.28. The van der Waals surface area contributed by atoms with E-state index in [1.54, 1.807) is 40.9 Å². The van der Waals surface area contributed by atoms with E-state index >= 15 is 0 Å². The third kappa shape index (κ3) is 5.71. The van der Waals surface area contributed by atoms with Crippen molar-refractivity contribution in [2.24, 2.45) is 0 Å². The number of hydrogen-bond acceptors (Lipinski definition) is 6. The van der Waals surface area contributed by atoms with Crippen molar-refractivity contribution in [3.8, 4) is 11.4 Å². The van der Waals surface area contributed by atoms with Crippen molar-refractivity contribution in [1.29, 1.82) is 0 Å². The van der Waals surface area contributed by atoms with Gasteiger partial charge in [-0.15, -0.1) is 5.10 Å². The van der Waals surface area contributed by atoms with E-state index in [2.05, 4.69) is 15.5 Å². The molecule has 0 aliphatic heterocycles. The zero-order valence-corrected chi connectivity index (χ0v) is 18.0. The lowest BCUT2D eigenvalue weighted by molar-refractivity contribution is -0.129. The fraction of sp³-hybridized carbons (Fsp3) is 0.300. The summed E-state index contributed by atoms with van der Waals surface area (Å²) in [6.45, 7) is 4.72. The van der Waals surface area contributed by atoms with Crippen molar-refractivity contribution in [2.45, 2.75) is 24.3 Å². The quantitative estimate of drug-likeness (QED) is 0.507. The van der Waals surface area contributed by atoms with Gasteiger partial charge in [0.15, 0.2) is 0 Å². The van der Waals surface area contributed by atoms with Crippen LogP contribution in [0.25, 0.3) is 5.69 Å².